The van der Waals surface area contributed by atoms with E-state index in [4.69, 9.17) is 43.1 Å². The summed E-state index contributed by atoms with van der Waals surface area (Å²) in [6.07, 6.45) is 18.9. The molecule has 2 atom stereocenters. The van der Waals surface area contributed by atoms with E-state index in [2.05, 4.69) is 98.6 Å². The van der Waals surface area contributed by atoms with Crippen LogP contribution in [0.1, 0.15) is 94.8 Å². The second kappa shape index (κ2) is 28.8. The van der Waals surface area contributed by atoms with Crippen molar-refractivity contribution >= 4 is 46.8 Å². The largest absolute Gasteiger partial charge is 0.498 e. The molecule has 0 N–H and O–H groups in total. The zero-order valence-electron chi connectivity index (χ0n) is 52.5. The van der Waals surface area contributed by atoms with E-state index in [1.807, 2.05) is 96.9 Å². The number of hydrogen-bond donors (Lipinski definition) is 0. The van der Waals surface area contributed by atoms with Gasteiger partial charge >= 0.3 is 18.3 Å². The molecule has 89 heavy (non-hydrogen) atoms. The van der Waals surface area contributed by atoms with Crippen LogP contribution < -0.4 is 19.3 Å². The van der Waals surface area contributed by atoms with Crippen LogP contribution in [-0.4, -0.2) is 128 Å². The second-order valence-corrected chi connectivity index (χ2v) is 22.4. The van der Waals surface area contributed by atoms with Crippen LogP contribution in [0.4, 0.5) is 25.8 Å². The monoisotopic (exact) mass is 1200 g/mol. The number of unbranched alkanes of at least 4 members (excludes halogenated alkanes) is 3. The number of aromatic nitrogens is 4. The number of likely N-dealkylation sites (N-methyl/N-ethyl adjacent to an activating group) is 2. The van der Waals surface area contributed by atoms with Gasteiger partial charge in [-0.25, -0.2) is 33.5 Å². The van der Waals surface area contributed by atoms with Gasteiger partial charge in [0.25, 0.3) is 0 Å². The normalized spacial score (nSPS) is 15.9. The molecule has 10 rings (SSSR count). The summed E-state index contributed by atoms with van der Waals surface area (Å²) in [7, 11) is 7.37. The van der Waals surface area contributed by atoms with Crippen molar-refractivity contribution in [2.75, 3.05) is 77.8 Å². The number of amides is 1. The molecule has 2 aliphatic carbocycles. The predicted octanol–water partition coefficient (Wildman–Crippen LogP) is 14.6. The average Bonchev–Trinajstić information content (AvgIpc) is 1.75. The zero-order valence-corrected chi connectivity index (χ0v) is 52.5. The van der Waals surface area contributed by atoms with E-state index in [9.17, 15) is 14.4 Å². The fourth-order valence-electron chi connectivity index (χ4n) is 11.9. The minimum absolute atomic E-state index is 0.0437. The van der Waals surface area contributed by atoms with Crippen molar-refractivity contribution in [1.29, 1.82) is 0 Å². The summed E-state index contributed by atoms with van der Waals surface area (Å²) in [6, 6.07) is 38.5. The lowest BCUT2D eigenvalue weighted by Gasteiger charge is -2.36. The maximum absolute atomic E-state index is 14.1. The lowest BCUT2D eigenvalue weighted by Crippen LogP contribution is -2.46. The second-order valence-electron chi connectivity index (χ2n) is 22.4. The number of benzene rings is 5. The molecule has 7 aromatic rings. The SMILES string of the molecule is CCOC(=O)N1c2ccc(-c3nc4cc(-c5nc6c(n5C(=O)OCC)C/C=C\C(N(C)C(C)C)C=C6)ccc4n3C(=O)OCC)cc2N(C)C1C1=CC=C(OCCCCCCOCC(c2ccccc2)(c2ccc(OC)cc2)c2ccc(OC)cc2)CC=C1. The Morgan fingerprint density at radius 3 is 1.92 bits per heavy atom. The molecule has 0 bridgehead atoms. The van der Waals surface area contributed by atoms with E-state index in [1.165, 1.54) is 9.13 Å². The Morgan fingerprint density at radius 1 is 0.640 bits per heavy atom. The Balaban J connectivity index is 0.833. The summed E-state index contributed by atoms with van der Waals surface area (Å²) < 4.78 is 44.0. The number of nitrogens with zero attached hydrogens (tertiary/aromatic N) is 7. The number of fused-ring (bicyclic) bond motifs is 3. The van der Waals surface area contributed by atoms with Crippen LogP contribution in [0.5, 0.6) is 11.5 Å². The van der Waals surface area contributed by atoms with Gasteiger partial charge < -0.3 is 38.1 Å². The molecule has 3 heterocycles. The molecule has 464 valence electrons. The Bertz CT molecular complexity index is 3740. The maximum atomic E-state index is 14.1. The molecule has 3 aliphatic rings. The molecule has 17 heteroatoms. The van der Waals surface area contributed by atoms with Crippen LogP contribution in [0.2, 0.25) is 0 Å². The Labute approximate surface area is 522 Å². The number of imidazole rings is 2. The van der Waals surface area contributed by atoms with Crippen molar-refractivity contribution < 1.29 is 47.5 Å². The number of rotatable bonds is 23. The Morgan fingerprint density at radius 2 is 1.26 bits per heavy atom. The van der Waals surface area contributed by atoms with E-state index >= 15 is 0 Å². The van der Waals surface area contributed by atoms with Crippen molar-refractivity contribution in [3.8, 4) is 34.3 Å². The average molecular weight is 1200 g/mol. The van der Waals surface area contributed by atoms with E-state index in [0.717, 1.165) is 70.9 Å². The zero-order chi connectivity index (χ0) is 62.6. The molecule has 17 nitrogen and oxygen atoms in total. The predicted molar refractivity (Wildman–Crippen MR) is 349 cm³/mol. The summed E-state index contributed by atoms with van der Waals surface area (Å²) in [6.45, 7) is 11.7. The highest BCUT2D eigenvalue weighted by atomic mass is 16.6. The van der Waals surface area contributed by atoms with Crippen LogP contribution in [0.15, 0.2) is 169 Å². The third kappa shape index (κ3) is 13.3. The van der Waals surface area contributed by atoms with Crippen LogP contribution in [0.3, 0.4) is 0 Å². The van der Waals surface area contributed by atoms with Crippen molar-refractivity contribution in [2.45, 2.75) is 96.8 Å². The first-order chi connectivity index (χ1) is 43.3. The van der Waals surface area contributed by atoms with Gasteiger partial charge in [0.05, 0.1) is 92.2 Å². The number of carbonyl (C=O) groups excluding carboxylic acids is 3. The highest BCUT2D eigenvalue weighted by Gasteiger charge is 2.41. The first-order valence-electron chi connectivity index (χ1n) is 30.8. The van der Waals surface area contributed by atoms with Crippen LogP contribution in [0.25, 0.3) is 39.9 Å². The van der Waals surface area contributed by atoms with Gasteiger partial charge in [0.15, 0.2) is 11.6 Å². The quantitative estimate of drug-likeness (QED) is 0.0257. The van der Waals surface area contributed by atoms with E-state index in [-0.39, 0.29) is 25.9 Å². The molecule has 0 spiro atoms. The van der Waals surface area contributed by atoms with Crippen LogP contribution in [-0.2, 0) is 35.5 Å². The molecule has 0 radical (unpaired) electrons. The number of anilines is 2. The lowest BCUT2D eigenvalue weighted by atomic mass is 9.70. The molecule has 0 saturated carbocycles. The van der Waals surface area contributed by atoms with Crippen molar-refractivity contribution in [2.24, 2.45) is 0 Å². The van der Waals surface area contributed by atoms with Crippen molar-refractivity contribution in [3.05, 3.63) is 197 Å². The van der Waals surface area contributed by atoms with Gasteiger partial charge in [0, 0.05) is 49.7 Å². The van der Waals surface area contributed by atoms with Gasteiger partial charge in [-0.3, -0.25) is 9.80 Å². The molecule has 1 aliphatic heterocycles. The van der Waals surface area contributed by atoms with Gasteiger partial charge in [0.2, 0.25) is 0 Å². The first-order valence-corrected chi connectivity index (χ1v) is 30.8. The van der Waals surface area contributed by atoms with Gasteiger partial charge in [-0.05, 0) is 156 Å². The van der Waals surface area contributed by atoms with Crippen molar-refractivity contribution in [1.82, 2.24) is 24.0 Å². The third-order valence-corrected chi connectivity index (χ3v) is 16.8. The smallest absolute Gasteiger partial charge is 0.420 e. The fraction of sp³-hybridized carbons (Fsp3) is 0.347. The molecular formula is C72H81N7O10. The Kier molecular flexibility index (Phi) is 20.3. The highest BCUT2D eigenvalue weighted by Crippen LogP contribution is 2.45. The molecule has 2 aromatic heterocycles. The number of methoxy groups -OCH3 is 2. The number of allylic oxidation sites excluding steroid dienone is 4. The fourth-order valence-corrected chi connectivity index (χ4v) is 11.9. The molecule has 0 saturated heterocycles. The number of ether oxygens (including phenoxy) is 7. The van der Waals surface area contributed by atoms with Gasteiger partial charge in [-0.2, -0.15) is 0 Å². The minimum atomic E-state index is -0.607. The van der Waals surface area contributed by atoms with Crippen LogP contribution >= 0.6 is 0 Å². The molecule has 1 amide bonds. The standard InChI is InChI=1S/C72H81N7O10/c1-10-86-69(80)77-62-27-21-25-56(75(6)49(4)5)35-41-60(62)73-66(77)51-29-42-63-61(46-51)74-67(78(63)70(81)87-11-2)52-30-43-64-65(47-52)76(7)68(79(64)71(82)88-12-3)50-22-20-26-59(36-28-50)89-45-19-14-13-18-44-85-48-72(53-23-16-15-17-24-53,54-31-37-57(83-8)38-32-54)55-33-39-58(84-9)40-34-55/h15-17,20-25,28-43,46-47,49,56,68H,10-14,18-19,26-27,44-45,48H2,1-9H3/b25-21-,41-35?. The van der Waals surface area contributed by atoms with Gasteiger partial charge in [0.1, 0.15) is 17.7 Å². The third-order valence-electron chi connectivity index (χ3n) is 16.8. The maximum Gasteiger partial charge on any atom is 0.420 e. The summed E-state index contributed by atoms with van der Waals surface area (Å²) in [5.41, 5.74) is 8.51. The summed E-state index contributed by atoms with van der Waals surface area (Å²) in [5, 5.41) is 0. The van der Waals surface area contributed by atoms with Gasteiger partial charge in [-0.15, -0.1) is 0 Å². The molecule has 5 aromatic carbocycles. The summed E-state index contributed by atoms with van der Waals surface area (Å²) in [5.74, 6) is 3.13. The first kappa shape index (κ1) is 62.8. The van der Waals surface area contributed by atoms with Crippen molar-refractivity contribution in [3.63, 3.8) is 0 Å². The minimum Gasteiger partial charge on any atom is -0.498 e. The Hall–Kier alpha value is -9.19. The highest BCUT2D eigenvalue weighted by molar-refractivity contribution is 6.00. The summed E-state index contributed by atoms with van der Waals surface area (Å²) >= 11 is 0. The van der Waals surface area contributed by atoms with Crippen LogP contribution in [0, 0.1) is 0 Å². The molecular weight excluding hydrogens is 1120 g/mol. The van der Waals surface area contributed by atoms with E-state index in [0.29, 0.717) is 89.6 Å². The molecule has 2 unspecified atom stereocenters. The summed E-state index contributed by atoms with van der Waals surface area (Å²) in [4.78, 5) is 58.0. The van der Waals surface area contributed by atoms with E-state index < -0.39 is 29.9 Å². The molecule has 0 fully saturated rings. The number of carbonyl (C=O) groups is 3. The number of hydrogen-bond acceptors (Lipinski definition) is 14. The van der Waals surface area contributed by atoms with Gasteiger partial charge in [-0.1, -0.05) is 97.5 Å². The topological polar surface area (TPSA) is 161 Å². The lowest BCUT2D eigenvalue weighted by molar-refractivity contribution is 0.103. The van der Waals surface area contributed by atoms with E-state index in [1.54, 1.807) is 46.0 Å².